The highest BCUT2D eigenvalue weighted by atomic mass is 16.5. The molecule has 1 aliphatic rings. The summed E-state index contributed by atoms with van der Waals surface area (Å²) in [6.45, 7) is 3.19. The Hall–Kier alpha value is -1.65. The second-order valence-corrected chi connectivity index (χ2v) is 5.05. The molecule has 1 N–H and O–H groups in total. The van der Waals surface area contributed by atoms with E-state index in [-0.39, 0.29) is 0 Å². The van der Waals surface area contributed by atoms with Crippen molar-refractivity contribution in [2.45, 2.75) is 18.9 Å². The zero-order valence-corrected chi connectivity index (χ0v) is 11.5. The summed E-state index contributed by atoms with van der Waals surface area (Å²) in [6.07, 6.45) is 4.13. The van der Waals surface area contributed by atoms with Crippen LogP contribution < -0.4 is 10.1 Å². The number of hydrogen-bond acceptors (Lipinski definition) is 4. The smallest absolute Gasteiger partial charge is 0.145 e. The molecule has 1 saturated heterocycles. The lowest BCUT2D eigenvalue weighted by Crippen LogP contribution is -2.38. The first-order valence-corrected chi connectivity index (χ1v) is 7.21. The van der Waals surface area contributed by atoms with E-state index in [2.05, 4.69) is 10.3 Å². The highest BCUT2D eigenvalue weighted by Crippen LogP contribution is 2.22. The number of fused-ring (bicyclic) bond motifs is 1. The maximum atomic E-state index is 5.84. The minimum atomic E-state index is 0.470. The van der Waals surface area contributed by atoms with Gasteiger partial charge in [0.2, 0.25) is 0 Å². The van der Waals surface area contributed by atoms with Gasteiger partial charge in [-0.1, -0.05) is 18.2 Å². The summed E-state index contributed by atoms with van der Waals surface area (Å²) in [4.78, 5) is 4.38. The minimum Gasteiger partial charge on any atom is -0.490 e. The van der Waals surface area contributed by atoms with Gasteiger partial charge in [-0.15, -0.1) is 0 Å². The summed E-state index contributed by atoms with van der Waals surface area (Å²) in [7, 11) is 0. The molecule has 0 spiro atoms. The van der Waals surface area contributed by atoms with Gasteiger partial charge in [-0.25, -0.2) is 0 Å². The number of aromatic nitrogens is 1. The predicted octanol–water partition coefficient (Wildman–Crippen LogP) is 2.38. The van der Waals surface area contributed by atoms with Crippen LogP contribution in [0.3, 0.4) is 0 Å². The number of nitrogens with one attached hydrogen (secondary N) is 1. The van der Waals surface area contributed by atoms with E-state index in [1.807, 2.05) is 30.3 Å². The van der Waals surface area contributed by atoms with Gasteiger partial charge in [0.25, 0.3) is 0 Å². The average molecular weight is 272 g/mol. The average Bonchev–Trinajstić information content (AvgIpc) is 2.53. The monoisotopic (exact) mass is 272 g/mol. The molecule has 4 nitrogen and oxygen atoms in total. The van der Waals surface area contributed by atoms with Crippen LogP contribution >= 0.6 is 0 Å². The largest absolute Gasteiger partial charge is 0.490 e. The van der Waals surface area contributed by atoms with Gasteiger partial charge in [-0.2, -0.15) is 0 Å². The standard InChI is InChI=1S/C16H20N2O2/c1-4-13-5-2-8-18-16(13)15(7-1)20-11-9-17-14-6-3-10-19-12-14/h1-2,4-5,7-8,14,17H,3,6,9-12H2. The molecule has 1 unspecified atom stereocenters. The van der Waals surface area contributed by atoms with Crippen LogP contribution in [-0.4, -0.2) is 37.4 Å². The van der Waals surface area contributed by atoms with Crippen molar-refractivity contribution < 1.29 is 9.47 Å². The molecule has 0 saturated carbocycles. The second kappa shape index (κ2) is 6.68. The topological polar surface area (TPSA) is 43.4 Å². The first-order valence-electron chi connectivity index (χ1n) is 7.21. The minimum absolute atomic E-state index is 0.470. The Kier molecular flexibility index (Phi) is 4.46. The van der Waals surface area contributed by atoms with E-state index < -0.39 is 0 Å². The Bertz CT molecular complexity index is 548. The number of rotatable bonds is 5. The van der Waals surface area contributed by atoms with Gasteiger partial charge in [0.05, 0.1) is 6.61 Å². The van der Waals surface area contributed by atoms with Crippen molar-refractivity contribution >= 4 is 10.9 Å². The van der Waals surface area contributed by atoms with Gasteiger partial charge < -0.3 is 14.8 Å². The highest BCUT2D eigenvalue weighted by Gasteiger charge is 2.12. The third-order valence-corrected chi connectivity index (χ3v) is 3.55. The fraction of sp³-hybridized carbons (Fsp3) is 0.438. The van der Waals surface area contributed by atoms with Crippen molar-refractivity contribution in [2.24, 2.45) is 0 Å². The van der Waals surface area contributed by atoms with Crippen molar-refractivity contribution in [3.05, 3.63) is 36.5 Å². The molecular weight excluding hydrogens is 252 g/mol. The Morgan fingerprint density at radius 2 is 2.25 bits per heavy atom. The van der Waals surface area contributed by atoms with Gasteiger partial charge >= 0.3 is 0 Å². The van der Waals surface area contributed by atoms with Crippen LogP contribution in [0.1, 0.15) is 12.8 Å². The number of benzene rings is 1. The fourth-order valence-electron chi connectivity index (χ4n) is 2.52. The first-order chi connectivity index (χ1) is 9.93. The molecule has 2 heterocycles. The van der Waals surface area contributed by atoms with Crippen LogP contribution in [-0.2, 0) is 4.74 Å². The van der Waals surface area contributed by atoms with E-state index in [4.69, 9.17) is 9.47 Å². The van der Waals surface area contributed by atoms with Gasteiger partial charge in [0.1, 0.15) is 17.9 Å². The van der Waals surface area contributed by atoms with Gasteiger partial charge in [0.15, 0.2) is 0 Å². The van der Waals surface area contributed by atoms with Crippen molar-refractivity contribution in [1.82, 2.24) is 10.3 Å². The summed E-state index contributed by atoms with van der Waals surface area (Å²) in [5, 5.41) is 4.58. The SMILES string of the molecule is c1cnc2c(OCCNC3CCCOC3)cccc2c1. The number of hydrogen-bond donors (Lipinski definition) is 1. The molecule has 106 valence electrons. The molecule has 1 aromatic heterocycles. The maximum absolute atomic E-state index is 5.84. The second-order valence-electron chi connectivity index (χ2n) is 5.05. The van der Waals surface area contributed by atoms with Gasteiger partial charge in [0, 0.05) is 30.8 Å². The van der Waals surface area contributed by atoms with Crippen LogP contribution in [0, 0.1) is 0 Å². The number of para-hydroxylation sites is 1. The lowest BCUT2D eigenvalue weighted by atomic mass is 10.1. The van der Waals surface area contributed by atoms with Crippen LogP contribution in [0.5, 0.6) is 5.75 Å². The normalized spacial score (nSPS) is 19.1. The molecular formula is C16H20N2O2. The number of pyridine rings is 1. The lowest BCUT2D eigenvalue weighted by molar-refractivity contribution is 0.0693. The van der Waals surface area contributed by atoms with E-state index in [0.29, 0.717) is 12.6 Å². The van der Waals surface area contributed by atoms with Crippen LogP contribution in [0.25, 0.3) is 10.9 Å². The summed E-state index contributed by atoms with van der Waals surface area (Å²) >= 11 is 0. The summed E-state index contributed by atoms with van der Waals surface area (Å²) in [5.41, 5.74) is 0.927. The molecule has 20 heavy (non-hydrogen) atoms. The van der Waals surface area contributed by atoms with Gasteiger partial charge in [-0.05, 0) is 25.0 Å². The molecule has 0 aliphatic carbocycles. The Balaban J connectivity index is 1.52. The van der Waals surface area contributed by atoms with E-state index in [1.54, 1.807) is 6.20 Å². The number of ether oxygens (including phenoxy) is 2. The molecule has 4 heteroatoms. The number of nitrogens with zero attached hydrogens (tertiary/aromatic N) is 1. The molecule has 1 aliphatic heterocycles. The van der Waals surface area contributed by atoms with Crippen LogP contribution in [0.4, 0.5) is 0 Å². The van der Waals surface area contributed by atoms with Gasteiger partial charge in [-0.3, -0.25) is 4.98 Å². The summed E-state index contributed by atoms with van der Waals surface area (Å²) in [6, 6.07) is 10.5. The van der Waals surface area contributed by atoms with Crippen LogP contribution in [0.15, 0.2) is 36.5 Å². The molecule has 2 aromatic rings. The molecule has 0 bridgehead atoms. The third-order valence-electron chi connectivity index (χ3n) is 3.55. The summed E-state index contributed by atoms with van der Waals surface area (Å²) in [5.74, 6) is 0.852. The molecule has 1 atom stereocenters. The molecule has 3 rings (SSSR count). The molecule has 0 radical (unpaired) electrons. The predicted molar refractivity (Wildman–Crippen MR) is 79.1 cm³/mol. The summed E-state index contributed by atoms with van der Waals surface area (Å²) < 4.78 is 11.3. The van der Waals surface area contributed by atoms with E-state index >= 15 is 0 Å². The lowest BCUT2D eigenvalue weighted by Gasteiger charge is -2.23. The van der Waals surface area contributed by atoms with Crippen molar-refractivity contribution in [1.29, 1.82) is 0 Å². The van der Waals surface area contributed by atoms with Crippen LogP contribution in [0.2, 0.25) is 0 Å². The first kappa shape index (κ1) is 13.3. The third kappa shape index (κ3) is 3.26. The quantitative estimate of drug-likeness (QED) is 0.849. The molecule has 1 fully saturated rings. The van der Waals surface area contributed by atoms with E-state index in [1.165, 1.54) is 6.42 Å². The fourth-order valence-corrected chi connectivity index (χ4v) is 2.52. The molecule has 1 aromatic carbocycles. The van der Waals surface area contributed by atoms with Crippen molar-refractivity contribution in [2.75, 3.05) is 26.4 Å². The Morgan fingerprint density at radius 3 is 3.15 bits per heavy atom. The maximum Gasteiger partial charge on any atom is 0.145 e. The Morgan fingerprint density at radius 1 is 1.30 bits per heavy atom. The van der Waals surface area contributed by atoms with E-state index in [0.717, 1.165) is 42.8 Å². The van der Waals surface area contributed by atoms with Crippen molar-refractivity contribution in [3.8, 4) is 5.75 Å². The van der Waals surface area contributed by atoms with Crippen molar-refractivity contribution in [3.63, 3.8) is 0 Å². The highest BCUT2D eigenvalue weighted by molar-refractivity contribution is 5.84. The zero-order chi connectivity index (χ0) is 13.6. The Labute approximate surface area is 119 Å². The van der Waals surface area contributed by atoms with E-state index in [9.17, 15) is 0 Å². The zero-order valence-electron chi connectivity index (χ0n) is 11.5. The molecule has 0 amide bonds.